The van der Waals surface area contributed by atoms with Gasteiger partial charge in [-0.25, -0.2) is 4.98 Å². The van der Waals surface area contributed by atoms with Crippen LogP contribution in [0.4, 0.5) is 0 Å². The van der Waals surface area contributed by atoms with Crippen molar-refractivity contribution in [2.75, 3.05) is 19.6 Å². The molecular formula is C25H27N5O2. The topological polar surface area (TPSA) is 88.1 Å². The quantitative estimate of drug-likeness (QED) is 0.650. The third-order valence-electron chi connectivity index (χ3n) is 5.93. The van der Waals surface area contributed by atoms with Crippen LogP contribution in [0.3, 0.4) is 0 Å². The lowest BCUT2D eigenvalue weighted by Gasteiger charge is -2.41. The fourth-order valence-corrected chi connectivity index (χ4v) is 4.42. The zero-order valence-corrected chi connectivity index (χ0v) is 18.2. The highest BCUT2D eigenvalue weighted by atomic mass is 16.2. The predicted molar refractivity (Wildman–Crippen MR) is 122 cm³/mol. The minimum absolute atomic E-state index is 0.0107. The van der Waals surface area contributed by atoms with Gasteiger partial charge < -0.3 is 10.2 Å². The smallest absolute Gasteiger partial charge is 0.274 e. The van der Waals surface area contributed by atoms with Gasteiger partial charge in [0.2, 0.25) is 5.91 Å². The summed E-state index contributed by atoms with van der Waals surface area (Å²) in [4.78, 5) is 40.5. The first-order valence-corrected chi connectivity index (χ1v) is 10.9. The van der Waals surface area contributed by atoms with Crippen molar-refractivity contribution < 1.29 is 9.59 Å². The first kappa shape index (κ1) is 21.6. The van der Waals surface area contributed by atoms with E-state index in [1.807, 2.05) is 43.5 Å². The second-order valence-corrected chi connectivity index (χ2v) is 8.18. The van der Waals surface area contributed by atoms with Crippen LogP contribution >= 0.6 is 0 Å². The lowest BCUT2D eigenvalue weighted by Crippen LogP contribution is -2.54. The van der Waals surface area contributed by atoms with Gasteiger partial charge >= 0.3 is 0 Å². The Kier molecular flexibility index (Phi) is 6.54. The molecule has 2 amide bonds. The van der Waals surface area contributed by atoms with E-state index < -0.39 is 5.41 Å². The molecule has 3 heterocycles. The second-order valence-electron chi connectivity index (χ2n) is 8.18. The minimum Gasteiger partial charge on any atom is -0.356 e. The monoisotopic (exact) mass is 429 g/mol. The van der Waals surface area contributed by atoms with Crippen LogP contribution in [0, 0.1) is 5.41 Å². The van der Waals surface area contributed by atoms with E-state index in [0.717, 1.165) is 29.5 Å². The van der Waals surface area contributed by atoms with Gasteiger partial charge in [-0.15, -0.1) is 0 Å². The minimum atomic E-state index is -0.695. The average molecular weight is 430 g/mol. The molecule has 32 heavy (non-hydrogen) atoms. The summed E-state index contributed by atoms with van der Waals surface area (Å²) in [6.45, 7) is 3.42. The number of rotatable bonds is 6. The number of amides is 2. The van der Waals surface area contributed by atoms with E-state index in [2.05, 4.69) is 26.3 Å². The maximum absolute atomic E-state index is 13.3. The summed E-state index contributed by atoms with van der Waals surface area (Å²) in [6.07, 6.45) is 10.1. The SMILES string of the molecule is CCNC(=O)[C@@]1(Cc2cccc(-c3cccnc3)c2)CCCN(C(=O)c2cnccn2)C1. The molecule has 0 spiro atoms. The molecule has 7 heteroatoms. The predicted octanol–water partition coefficient (Wildman–Crippen LogP) is 3.14. The van der Waals surface area contributed by atoms with Gasteiger partial charge in [0.25, 0.3) is 5.91 Å². The van der Waals surface area contributed by atoms with Crippen LogP contribution in [0.5, 0.6) is 0 Å². The maximum atomic E-state index is 13.3. The highest BCUT2D eigenvalue weighted by Gasteiger charge is 2.43. The Hall–Kier alpha value is -3.61. The molecule has 164 valence electrons. The van der Waals surface area contributed by atoms with E-state index in [1.54, 1.807) is 17.3 Å². The van der Waals surface area contributed by atoms with Crippen molar-refractivity contribution in [3.63, 3.8) is 0 Å². The van der Waals surface area contributed by atoms with Gasteiger partial charge in [-0.05, 0) is 48.9 Å². The van der Waals surface area contributed by atoms with Crippen molar-refractivity contribution in [3.8, 4) is 11.1 Å². The number of nitrogens with one attached hydrogen (secondary N) is 1. The molecular weight excluding hydrogens is 402 g/mol. The van der Waals surface area contributed by atoms with Crippen molar-refractivity contribution in [1.82, 2.24) is 25.2 Å². The van der Waals surface area contributed by atoms with Crippen LogP contribution in [-0.2, 0) is 11.2 Å². The molecule has 1 fully saturated rings. The number of carbonyl (C=O) groups excluding carboxylic acids is 2. The number of hydrogen-bond donors (Lipinski definition) is 1. The molecule has 1 aliphatic heterocycles. The number of nitrogens with zero attached hydrogens (tertiary/aromatic N) is 4. The molecule has 0 aliphatic carbocycles. The van der Waals surface area contributed by atoms with E-state index in [-0.39, 0.29) is 11.8 Å². The Morgan fingerprint density at radius 3 is 2.66 bits per heavy atom. The van der Waals surface area contributed by atoms with Gasteiger partial charge in [0.1, 0.15) is 5.69 Å². The maximum Gasteiger partial charge on any atom is 0.274 e. The second kappa shape index (κ2) is 9.68. The summed E-state index contributed by atoms with van der Waals surface area (Å²) in [5.74, 6) is -0.195. The third kappa shape index (κ3) is 4.66. The molecule has 3 aromatic rings. The molecule has 0 saturated carbocycles. The third-order valence-corrected chi connectivity index (χ3v) is 5.93. The molecule has 0 bridgehead atoms. The largest absolute Gasteiger partial charge is 0.356 e. The van der Waals surface area contributed by atoms with Gasteiger partial charge in [-0.1, -0.05) is 30.3 Å². The Labute approximate surface area is 187 Å². The Morgan fingerprint density at radius 1 is 1.06 bits per heavy atom. The van der Waals surface area contributed by atoms with Gasteiger partial charge in [0.05, 0.1) is 11.6 Å². The first-order chi connectivity index (χ1) is 15.6. The Morgan fingerprint density at radius 2 is 1.91 bits per heavy atom. The van der Waals surface area contributed by atoms with Crippen LogP contribution in [0.15, 0.2) is 67.4 Å². The molecule has 1 N–H and O–H groups in total. The van der Waals surface area contributed by atoms with Gasteiger partial charge in [-0.2, -0.15) is 0 Å². The lowest BCUT2D eigenvalue weighted by atomic mass is 9.74. The van der Waals surface area contributed by atoms with Gasteiger partial charge in [0.15, 0.2) is 0 Å². The molecule has 2 aromatic heterocycles. The zero-order chi connectivity index (χ0) is 22.4. The number of aromatic nitrogens is 3. The van der Waals surface area contributed by atoms with Crippen molar-refractivity contribution >= 4 is 11.8 Å². The van der Waals surface area contributed by atoms with Crippen LogP contribution < -0.4 is 5.32 Å². The van der Waals surface area contributed by atoms with Crippen LogP contribution in [0.1, 0.15) is 35.8 Å². The molecule has 1 atom stereocenters. The van der Waals surface area contributed by atoms with E-state index in [4.69, 9.17) is 0 Å². The number of carbonyl (C=O) groups is 2. The van der Waals surface area contributed by atoms with E-state index in [9.17, 15) is 9.59 Å². The summed E-state index contributed by atoms with van der Waals surface area (Å²) >= 11 is 0. The normalized spacial score (nSPS) is 18.2. The fraction of sp³-hybridized carbons (Fsp3) is 0.320. The molecule has 1 aromatic carbocycles. The summed E-state index contributed by atoms with van der Waals surface area (Å²) < 4.78 is 0. The van der Waals surface area contributed by atoms with Gasteiger partial charge in [0, 0.05) is 44.4 Å². The van der Waals surface area contributed by atoms with Crippen molar-refractivity contribution in [3.05, 3.63) is 78.6 Å². The number of hydrogen-bond acceptors (Lipinski definition) is 5. The number of benzene rings is 1. The fourth-order valence-electron chi connectivity index (χ4n) is 4.42. The van der Waals surface area contributed by atoms with E-state index in [0.29, 0.717) is 31.7 Å². The number of likely N-dealkylation sites (tertiary alicyclic amines) is 1. The molecule has 4 rings (SSSR count). The van der Waals surface area contributed by atoms with Gasteiger partial charge in [-0.3, -0.25) is 19.6 Å². The summed E-state index contributed by atoms with van der Waals surface area (Å²) in [7, 11) is 0. The average Bonchev–Trinajstić information content (AvgIpc) is 2.85. The van der Waals surface area contributed by atoms with Crippen molar-refractivity contribution in [2.45, 2.75) is 26.2 Å². The summed E-state index contributed by atoms with van der Waals surface area (Å²) in [6, 6.07) is 12.1. The molecule has 0 unspecified atom stereocenters. The molecule has 7 nitrogen and oxygen atoms in total. The highest BCUT2D eigenvalue weighted by molar-refractivity contribution is 5.93. The summed E-state index contributed by atoms with van der Waals surface area (Å²) in [5.41, 5.74) is 2.76. The molecule has 1 saturated heterocycles. The molecule has 1 aliphatic rings. The van der Waals surface area contributed by atoms with Crippen molar-refractivity contribution in [1.29, 1.82) is 0 Å². The van der Waals surface area contributed by atoms with Crippen LogP contribution in [0.2, 0.25) is 0 Å². The molecule has 0 radical (unpaired) electrons. The Bertz CT molecular complexity index is 1070. The van der Waals surface area contributed by atoms with E-state index >= 15 is 0 Å². The summed E-state index contributed by atoms with van der Waals surface area (Å²) in [5, 5.41) is 3.01. The van der Waals surface area contributed by atoms with E-state index in [1.165, 1.54) is 12.4 Å². The first-order valence-electron chi connectivity index (χ1n) is 10.9. The van der Waals surface area contributed by atoms with Crippen molar-refractivity contribution in [2.24, 2.45) is 5.41 Å². The van der Waals surface area contributed by atoms with Crippen LogP contribution in [-0.4, -0.2) is 51.3 Å². The highest BCUT2D eigenvalue weighted by Crippen LogP contribution is 2.35. The lowest BCUT2D eigenvalue weighted by molar-refractivity contribution is -0.133. The number of pyridine rings is 1. The Balaban J connectivity index is 1.62. The zero-order valence-electron chi connectivity index (χ0n) is 18.2. The van der Waals surface area contributed by atoms with Crippen LogP contribution in [0.25, 0.3) is 11.1 Å². The number of piperidine rings is 1. The standard InChI is InChI=1S/C25H27N5O2/c1-2-28-24(32)25(9-5-13-30(18-25)23(31)22-17-27-11-12-29-22)15-19-6-3-7-20(14-19)21-8-4-10-26-16-21/h3-4,6-8,10-12,14,16-17H,2,5,9,13,15,18H2,1H3,(H,28,32)/t25-/m1/s1.